The minimum atomic E-state index is -0.524. The van der Waals surface area contributed by atoms with Gasteiger partial charge < -0.3 is 14.5 Å². The van der Waals surface area contributed by atoms with E-state index in [9.17, 15) is 10.1 Å². The maximum absolute atomic E-state index is 13.0. The fourth-order valence-electron chi connectivity index (χ4n) is 5.13. The standard InChI is InChI=1S/C27H34N6O2/c1-16-12-20(14-29-31-16)23-17(2)21(13-28)25(30-24(23)19-8-9-19)32-10-11-33(22(15-32)18-6-7-18)26(34)35-27(3,4)5/h12,14,18-19,22H,6-11,15H2,1-5H3/t22-/m0/s1. The van der Waals surface area contributed by atoms with E-state index in [1.54, 1.807) is 6.20 Å². The maximum atomic E-state index is 13.0. The van der Waals surface area contributed by atoms with Gasteiger partial charge in [0.05, 0.1) is 29.2 Å². The van der Waals surface area contributed by atoms with Crippen LogP contribution < -0.4 is 4.90 Å². The lowest BCUT2D eigenvalue weighted by Gasteiger charge is -2.43. The zero-order valence-electron chi connectivity index (χ0n) is 21.3. The van der Waals surface area contributed by atoms with Crippen molar-refractivity contribution >= 4 is 11.9 Å². The van der Waals surface area contributed by atoms with E-state index in [0.717, 1.165) is 59.6 Å². The van der Waals surface area contributed by atoms with E-state index in [2.05, 4.69) is 21.2 Å². The third-order valence-electron chi connectivity index (χ3n) is 7.11. The fraction of sp³-hybridized carbons (Fsp3) is 0.593. The monoisotopic (exact) mass is 474 g/mol. The number of piperazine rings is 1. The van der Waals surface area contributed by atoms with E-state index in [-0.39, 0.29) is 12.1 Å². The minimum Gasteiger partial charge on any atom is -0.444 e. The van der Waals surface area contributed by atoms with Gasteiger partial charge in [-0.2, -0.15) is 15.5 Å². The average Bonchev–Trinajstić information content (AvgIpc) is 3.69. The first-order valence-corrected chi connectivity index (χ1v) is 12.6. The summed E-state index contributed by atoms with van der Waals surface area (Å²) in [7, 11) is 0. The lowest BCUT2D eigenvalue weighted by molar-refractivity contribution is 0.0116. The molecule has 2 aliphatic carbocycles. The molecule has 8 nitrogen and oxygen atoms in total. The second kappa shape index (κ2) is 8.78. The number of nitrogens with zero attached hydrogens (tertiary/aromatic N) is 6. The third-order valence-corrected chi connectivity index (χ3v) is 7.11. The molecular weight excluding hydrogens is 440 g/mol. The zero-order chi connectivity index (χ0) is 24.9. The first-order valence-electron chi connectivity index (χ1n) is 12.6. The SMILES string of the molecule is Cc1cc(-c2c(C3CC3)nc(N3CCN(C(=O)OC(C)(C)C)[C@H](C4CC4)C3)c(C#N)c2C)cnn1. The van der Waals surface area contributed by atoms with Crippen molar-refractivity contribution in [1.29, 1.82) is 5.26 Å². The van der Waals surface area contributed by atoms with Gasteiger partial charge in [-0.1, -0.05) is 0 Å². The van der Waals surface area contributed by atoms with Crippen LogP contribution in [0.4, 0.5) is 10.6 Å². The molecule has 35 heavy (non-hydrogen) atoms. The summed E-state index contributed by atoms with van der Waals surface area (Å²) in [5.41, 5.74) is 4.93. The number of anilines is 1. The van der Waals surface area contributed by atoms with Crippen LogP contribution in [0.15, 0.2) is 12.3 Å². The molecule has 3 aliphatic rings. The molecule has 1 saturated heterocycles. The molecule has 0 radical (unpaired) electrons. The minimum absolute atomic E-state index is 0.0725. The Hall–Kier alpha value is -3.21. The van der Waals surface area contributed by atoms with Gasteiger partial charge in [0.15, 0.2) is 0 Å². The average molecular weight is 475 g/mol. The van der Waals surface area contributed by atoms with E-state index >= 15 is 0 Å². The van der Waals surface area contributed by atoms with E-state index in [0.29, 0.717) is 37.0 Å². The molecule has 0 aromatic carbocycles. The number of carbonyl (C=O) groups is 1. The summed E-state index contributed by atoms with van der Waals surface area (Å²) in [4.78, 5) is 22.2. The van der Waals surface area contributed by atoms with Gasteiger partial charge in [-0.25, -0.2) is 9.78 Å². The van der Waals surface area contributed by atoms with Gasteiger partial charge in [-0.05, 0) is 77.8 Å². The topological polar surface area (TPSA) is 95.2 Å². The van der Waals surface area contributed by atoms with Gasteiger partial charge in [-0.15, -0.1) is 0 Å². The van der Waals surface area contributed by atoms with Crippen LogP contribution in [0.1, 0.15) is 74.9 Å². The molecule has 3 heterocycles. The van der Waals surface area contributed by atoms with Gasteiger partial charge >= 0.3 is 6.09 Å². The van der Waals surface area contributed by atoms with Crippen molar-refractivity contribution in [3.63, 3.8) is 0 Å². The summed E-state index contributed by atoms with van der Waals surface area (Å²) in [5, 5.41) is 18.5. The molecule has 2 saturated carbocycles. The molecule has 0 unspecified atom stereocenters. The van der Waals surface area contributed by atoms with Crippen LogP contribution in [0.2, 0.25) is 0 Å². The van der Waals surface area contributed by atoms with Crippen molar-refractivity contribution < 1.29 is 9.53 Å². The van der Waals surface area contributed by atoms with Crippen molar-refractivity contribution in [3.05, 3.63) is 34.8 Å². The Morgan fingerprint density at radius 3 is 2.51 bits per heavy atom. The molecule has 184 valence electrons. The largest absolute Gasteiger partial charge is 0.444 e. The highest BCUT2D eigenvalue weighted by Crippen LogP contribution is 2.47. The Morgan fingerprint density at radius 1 is 1.17 bits per heavy atom. The zero-order valence-corrected chi connectivity index (χ0v) is 21.3. The number of hydrogen-bond donors (Lipinski definition) is 0. The van der Waals surface area contributed by atoms with Crippen molar-refractivity contribution in [2.75, 3.05) is 24.5 Å². The molecule has 2 aromatic heterocycles. The molecule has 8 heteroatoms. The Labute approximate surface area is 207 Å². The lowest BCUT2D eigenvalue weighted by atomic mass is 9.94. The number of nitriles is 1. The van der Waals surface area contributed by atoms with Gasteiger partial charge in [-0.3, -0.25) is 0 Å². The molecule has 0 bridgehead atoms. The maximum Gasteiger partial charge on any atom is 0.410 e. The molecule has 5 rings (SSSR count). The van der Waals surface area contributed by atoms with Crippen molar-refractivity contribution in [2.24, 2.45) is 5.92 Å². The van der Waals surface area contributed by atoms with Gasteiger partial charge in [0.1, 0.15) is 17.5 Å². The number of ether oxygens (including phenoxy) is 1. The lowest BCUT2D eigenvalue weighted by Crippen LogP contribution is -2.57. The third kappa shape index (κ3) is 4.82. The van der Waals surface area contributed by atoms with Crippen LogP contribution in [-0.4, -0.2) is 57.5 Å². The van der Waals surface area contributed by atoms with Crippen LogP contribution in [0, 0.1) is 31.1 Å². The van der Waals surface area contributed by atoms with Crippen LogP contribution in [0.3, 0.4) is 0 Å². The predicted octanol–water partition coefficient (Wildman–Crippen LogP) is 4.74. The normalized spacial score (nSPS) is 20.5. The smallest absolute Gasteiger partial charge is 0.410 e. The van der Waals surface area contributed by atoms with E-state index < -0.39 is 5.60 Å². The molecule has 0 spiro atoms. The predicted molar refractivity (Wildman–Crippen MR) is 133 cm³/mol. The number of rotatable bonds is 4. The van der Waals surface area contributed by atoms with Crippen LogP contribution in [-0.2, 0) is 4.74 Å². The summed E-state index contributed by atoms with van der Waals surface area (Å²) in [5.74, 6) is 1.64. The number of pyridine rings is 1. The molecule has 1 amide bonds. The van der Waals surface area contributed by atoms with E-state index in [4.69, 9.17) is 9.72 Å². The van der Waals surface area contributed by atoms with Crippen LogP contribution in [0.25, 0.3) is 11.1 Å². The van der Waals surface area contributed by atoms with Crippen molar-refractivity contribution in [2.45, 2.75) is 77.9 Å². The highest BCUT2D eigenvalue weighted by Gasteiger charge is 2.43. The van der Waals surface area contributed by atoms with Gasteiger partial charge in [0.25, 0.3) is 0 Å². The second-order valence-corrected chi connectivity index (χ2v) is 11.2. The summed E-state index contributed by atoms with van der Waals surface area (Å²) in [6, 6.07) is 4.54. The molecule has 0 N–H and O–H groups in total. The van der Waals surface area contributed by atoms with Gasteiger partial charge in [0, 0.05) is 36.7 Å². The molecular formula is C27H34N6O2. The van der Waals surface area contributed by atoms with E-state index in [1.807, 2.05) is 45.6 Å². The number of aryl methyl sites for hydroxylation is 1. The Kier molecular flexibility index (Phi) is 5.90. The molecule has 3 fully saturated rings. The van der Waals surface area contributed by atoms with Crippen molar-refractivity contribution in [3.8, 4) is 17.2 Å². The fourth-order valence-corrected chi connectivity index (χ4v) is 5.13. The number of aromatic nitrogens is 3. The Bertz CT molecular complexity index is 1190. The number of amides is 1. The first-order chi connectivity index (χ1) is 16.7. The molecule has 1 aliphatic heterocycles. The Morgan fingerprint density at radius 2 is 1.91 bits per heavy atom. The molecule has 1 atom stereocenters. The first kappa shape index (κ1) is 23.5. The summed E-state index contributed by atoms with van der Waals surface area (Å²) < 4.78 is 5.71. The quantitative estimate of drug-likeness (QED) is 0.631. The highest BCUT2D eigenvalue weighted by molar-refractivity contribution is 5.77. The highest BCUT2D eigenvalue weighted by atomic mass is 16.6. The summed E-state index contributed by atoms with van der Waals surface area (Å²) >= 11 is 0. The number of hydrogen-bond acceptors (Lipinski definition) is 7. The van der Waals surface area contributed by atoms with Gasteiger partial charge in [0.2, 0.25) is 0 Å². The van der Waals surface area contributed by atoms with Crippen molar-refractivity contribution in [1.82, 2.24) is 20.1 Å². The van der Waals surface area contributed by atoms with Crippen LogP contribution >= 0.6 is 0 Å². The Balaban J connectivity index is 1.51. The van der Waals surface area contributed by atoms with Crippen LogP contribution in [0.5, 0.6) is 0 Å². The molecule has 2 aromatic rings. The summed E-state index contributed by atoms with van der Waals surface area (Å²) in [6.07, 6.45) is 5.99. The van der Waals surface area contributed by atoms with E-state index in [1.165, 1.54) is 0 Å². The second-order valence-electron chi connectivity index (χ2n) is 11.2. The summed E-state index contributed by atoms with van der Waals surface area (Å²) in [6.45, 7) is 11.5. The number of carbonyl (C=O) groups excluding carboxylic acids is 1.